The highest BCUT2D eigenvalue weighted by atomic mass is 19.2. The predicted octanol–water partition coefficient (Wildman–Crippen LogP) is 3.82. The Morgan fingerprint density at radius 1 is 1.38 bits per heavy atom. The molecule has 0 aliphatic carbocycles. The molecule has 0 spiro atoms. The van der Waals surface area contributed by atoms with Crippen molar-refractivity contribution in [3.05, 3.63) is 41.0 Å². The fourth-order valence-corrected chi connectivity index (χ4v) is 3.03. The maximum absolute atomic E-state index is 14.2. The van der Waals surface area contributed by atoms with Crippen LogP contribution in [0.2, 0.25) is 0 Å². The van der Waals surface area contributed by atoms with E-state index in [-0.39, 0.29) is 24.1 Å². The summed E-state index contributed by atoms with van der Waals surface area (Å²) in [4.78, 5) is 6.47. The van der Waals surface area contributed by atoms with Gasteiger partial charge in [-0.15, -0.1) is 0 Å². The van der Waals surface area contributed by atoms with E-state index in [2.05, 4.69) is 10.1 Å². The summed E-state index contributed by atoms with van der Waals surface area (Å²) in [6.07, 6.45) is 1.78. The van der Waals surface area contributed by atoms with Gasteiger partial charge < -0.3 is 9.26 Å². The lowest BCUT2D eigenvalue weighted by atomic mass is 10.1. The second-order valence-corrected chi connectivity index (χ2v) is 6.32. The zero-order valence-electron chi connectivity index (χ0n) is 14.1. The molecule has 1 aliphatic heterocycles. The maximum Gasteiger partial charge on any atom is 0.244 e. The van der Waals surface area contributed by atoms with Crippen LogP contribution in [0.4, 0.5) is 8.78 Å². The fourth-order valence-electron chi connectivity index (χ4n) is 3.03. The smallest absolute Gasteiger partial charge is 0.244 e. The molecule has 1 atom stereocenters. The number of benzene rings is 1. The number of methoxy groups -OCH3 is 1. The average Bonchev–Trinajstić information content (AvgIpc) is 3.20. The quantitative estimate of drug-likeness (QED) is 0.830. The van der Waals surface area contributed by atoms with Crippen molar-refractivity contribution in [3.8, 4) is 5.75 Å². The predicted molar refractivity (Wildman–Crippen MR) is 83.7 cm³/mol. The normalized spacial score (nSPS) is 18.5. The van der Waals surface area contributed by atoms with E-state index in [1.165, 1.54) is 13.2 Å². The molecule has 0 unspecified atom stereocenters. The minimum absolute atomic E-state index is 0.0858. The molecule has 5 nitrogen and oxygen atoms in total. The largest absolute Gasteiger partial charge is 0.496 e. The van der Waals surface area contributed by atoms with Gasteiger partial charge >= 0.3 is 0 Å². The van der Waals surface area contributed by atoms with Crippen LogP contribution in [-0.4, -0.2) is 28.7 Å². The summed E-state index contributed by atoms with van der Waals surface area (Å²) in [6, 6.07) is 2.44. The number of halogens is 2. The molecular weight excluding hydrogens is 316 g/mol. The van der Waals surface area contributed by atoms with E-state index in [1.807, 2.05) is 18.7 Å². The number of rotatable bonds is 5. The molecule has 24 heavy (non-hydrogen) atoms. The van der Waals surface area contributed by atoms with E-state index in [4.69, 9.17) is 9.26 Å². The lowest BCUT2D eigenvalue weighted by Gasteiger charge is -2.23. The molecule has 0 bridgehead atoms. The van der Waals surface area contributed by atoms with E-state index in [0.717, 1.165) is 25.5 Å². The Morgan fingerprint density at radius 3 is 2.83 bits per heavy atom. The van der Waals surface area contributed by atoms with Crippen LogP contribution in [0, 0.1) is 11.6 Å². The Bertz CT molecular complexity index is 718. The number of ether oxygens (including phenoxy) is 1. The van der Waals surface area contributed by atoms with Gasteiger partial charge in [0.2, 0.25) is 5.89 Å². The van der Waals surface area contributed by atoms with Gasteiger partial charge in [-0.25, -0.2) is 8.78 Å². The molecule has 130 valence electrons. The Labute approximate surface area is 139 Å². The highest BCUT2D eigenvalue weighted by molar-refractivity contribution is 5.35. The van der Waals surface area contributed by atoms with E-state index < -0.39 is 11.6 Å². The van der Waals surface area contributed by atoms with Crippen LogP contribution in [0.15, 0.2) is 16.7 Å². The van der Waals surface area contributed by atoms with Crippen LogP contribution in [0.25, 0.3) is 0 Å². The van der Waals surface area contributed by atoms with Gasteiger partial charge in [-0.1, -0.05) is 19.0 Å². The minimum Gasteiger partial charge on any atom is -0.496 e. The summed E-state index contributed by atoms with van der Waals surface area (Å²) in [5.41, 5.74) is 0.216. The van der Waals surface area contributed by atoms with Gasteiger partial charge in [0.25, 0.3) is 0 Å². The fraction of sp³-hybridized carbons (Fsp3) is 0.529. The molecule has 3 rings (SSSR count). The van der Waals surface area contributed by atoms with Crippen molar-refractivity contribution >= 4 is 0 Å². The summed E-state index contributed by atoms with van der Waals surface area (Å²) in [7, 11) is 1.45. The van der Waals surface area contributed by atoms with E-state index in [9.17, 15) is 8.78 Å². The van der Waals surface area contributed by atoms with Gasteiger partial charge in [-0.05, 0) is 31.5 Å². The van der Waals surface area contributed by atoms with Gasteiger partial charge in [-0.3, -0.25) is 4.90 Å². The molecule has 0 radical (unpaired) electrons. The third-order valence-electron chi connectivity index (χ3n) is 4.36. The molecule has 0 amide bonds. The van der Waals surface area contributed by atoms with Crippen LogP contribution in [0.5, 0.6) is 5.75 Å². The molecule has 2 aromatic rings. The van der Waals surface area contributed by atoms with E-state index >= 15 is 0 Å². The molecule has 0 N–H and O–H groups in total. The third-order valence-corrected chi connectivity index (χ3v) is 4.36. The standard InChI is InChI=1S/C17H21F2N3O2/c1-10(2)16-20-17(24-21-16)13-5-4-8-22(13)9-11-14(23-3)7-6-12(18)15(11)19/h6-7,10,13H,4-5,8-9H2,1-3H3/t13-/m1/s1. The van der Waals surface area contributed by atoms with Crippen molar-refractivity contribution in [2.75, 3.05) is 13.7 Å². The molecule has 0 saturated carbocycles. The summed E-state index contributed by atoms with van der Waals surface area (Å²) >= 11 is 0. The van der Waals surface area contributed by atoms with Crippen LogP contribution in [0.3, 0.4) is 0 Å². The van der Waals surface area contributed by atoms with Crippen molar-refractivity contribution in [2.45, 2.75) is 45.2 Å². The lowest BCUT2D eigenvalue weighted by molar-refractivity contribution is 0.196. The first-order valence-electron chi connectivity index (χ1n) is 8.09. The molecule has 1 aromatic carbocycles. The Morgan fingerprint density at radius 2 is 2.17 bits per heavy atom. The zero-order chi connectivity index (χ0) is 17.3. The van der Waals surface area contributed by atoms with Gasteiger partial charge in [0.05, 0.1) is 13.2 Å². The van der Waals surface area contributed by atoms with Gasteiger partial charge in [-0.2, -0.15) is 4.98 Å². The monoisotopic (exact) mass is 337 g/mol. The van der Waals surface area contributed by atoms with Crippen molar-refractivity contribution in [2.24, 2.45) is 0 Å². The highest BCUT2D eigenvalue weighted by Crippen LogP contribution is 2.35. The zero-order valence-corrected chi connectivity index (χ0v) is 14.1. The summed E-state index contributed by atoms with van der Waals surface area (Å²) in [5.74, 6) is -0.0285. The number of likely N-dealkylation sites (tertiary alicyclic amines) is 1. The van der Waals surface area contributed by atoms with Crippen LogP contribution in [0.1, 0.15) is 55.9 Å². The SMILES string of the molecule is COc1ccc(F)c(F)c1CN1CCC[C@@H]1c1nc(C(C)C)no1. The summed E-state index contributed by atoms with van der Waals surface area (Å²) in [5, 5.41) is 4.00. The number of hydrogen-bond donors (Lipinski definition) is 0. The average molecular weight is 337 g/mol. The first-order chi connectivity index (χ1) is 11.5. The van der Waals surface area contributed by atoms with Gasteiger partial charge in [0.15, 0.2) is 17.5 Å². The molecule has 1 aliphatic rings. The maximum atomic E-state index is 14.2. The molecule has 7 heteroatoms. The van der Waals surface area contributed by atoms with Crippen LogP contribution < -0.4 is 4.74 Å². The molecule has 2 heterocycles. The first-order valence-corrected chi connectivity index (χ1v) is 8.09. The minimum atomic E-state index is -0.874. The Balaban J connectivity index is 1.85. The highest BCUT2D eigenvalue weighted by Gasteiger charge is 2.32. The third kappa shape index (κ3) is 3.13. The van der Waals surface area contributed by atoms with Crippen molar-refractivity contribution in [1.29, 1.82) is 0 Å². The molecule has 1 saturated heterocycles. The van der Waals surface area contributed by atoms with Gasteiger partial charge in [0, 0.05) is 18.0 Å². The summed E-state index contributed by atoms with van der Waals surface area (Å²) < 4.78 is 38.4. The number of nitrogens with zero attached hydrogens (tertiary/aromatic N) is 3. The second kappa shape index (κ2) is 6.84. The van der Waals surface area contributed by atoms with Crippen LogP contribution >= 0.6 is 0 Å². The van der Waals surface area contributed by atoms with E-state index in [0.29, 0.717) is 17.5 Å². The van der Waals surface area contributed by atoms with Crippen molar-refractivity contribution in [1.82, 2.24) is 15.0 Å². The topological polar surface area (TPSA) is 51.4 Å². The van der Waals surface area contributed by atoms with Gasteiger partial charge in [0.1, 0.15) is 5.75 Å². The Kier molecular flexibility index (Phi) is 4.80. The van der Waals surface area contributed by atoms with Crippen molar-refractivity contribution in [3.63, 3.8) is 0 Å². The van der Waals surface area contributed by atoms with Crippen LogP contribution in [-0.2, 0) is 6.54 Å². The summed E-state index contributed by atoms with van der Waals surface area (Å²) in [6.45, 7) is 4.97. The molecular formula is C17H21F2N3O2. The number of aromatic nitrogens is 2. The van der Waals surface area contributed by atoms with E-state index in [1.54, 1.807) is 0 Å². The first kappa shape index (κ1) is 16.8. The molecule has 1 fully saturated rings. The number of hydrogen-bond acceptors (Lipinski definition) is 5. The van der Waals surface area contributed by atoms with Crippen molar-refractivity contribution < 1.29 is 18.0 Å². The lowest BCUT2D eigenvalue weighted by Crippen LogP contribution is -2.24. The Hall–Kier alpha value is -2.02. The second-order valence-electron chi connectivity index (χ2n) is 6.32. The molecule has 1 aromatic heterocycles.